The number of halogens is 1. The number of hydrogen-bond donors (Lipinski definition) is 2. The summed E-state index contributed by atoms with van der Waals surface area (Å²) < 4.78 is 0.821. The predicted molar refractivity (Wildman–Crippen MR) is 73.5 cm³/mol. The fourth-order valence-corrected chi connectivity index (χ4v) is 2.20. The third-order valence-electron chi connectivity index (χ3n) is 2.46. The molecular weight excluding hydrogens is 298 g/mol. The second-order valence-electron chi connectivity index (χ2n) is 4.44. The fraction of sp³-hybridized carbons (Fsp3) is 0.385. The number of benzene rings is 1. The molecule has 5 heteroatoms. The lowest BCUT2D eigenvalue weighted by Crippen LogP contribution is -2.17. The number of carbonyl (C=O) groups is 2. The Balaban J connectivity index is 2.56. The Kier molecular flexibility index (Phi) is 5.34. The van der Waals surface area contributed by atoms with Crippen LogP contribution in [-0.2, 0) is 9.59 Å². The maximum atomic E-state index is 11.7. The smallest absolute Gasteiger partial charge is 0.303 e. The zero-order valence-corrected chi connectivity index (χ0v) is 12.0. The second-order valence-corrected chi connectivity index (χ2v) is 5.29. The molecule has 0 spiro atoms. The number of amides is 1. The summed E-state index contributed by atoms with van der Waals surface area (Å²) >= 11 is 3.37. The molecule has 0 bridgehead atoms. The highest BCUT2D eigenvalue weighted by molar-refractivity contribution is 9.10. The van der Waals surface area contributed by atoms with Crippen LogP contribution >= 0.6 is 15.9 Å². The van der Waals surface area contributed by atoms with Crippen LogP contribution in [0.4, 0.5) is 5.69 Å². The second kappa shape index (κ2) is 6.54. The first-order valence-electron chi connectivity index (χ1n) is 5.66. The van der Waals surface area contributed by atoms with E-state index in [1.54, 1.807) is 6.92 Å². The van der Waals surface area contributed by atoms with Gasteiger partial charge in [0.15, 0.2) is 0 Å². The van der Waals surface area contributed by atoms with Gasteiger partial charge in [-0.2, -0.15) is 0 Å². The molecule has 0 saturated carbocycles. The van der Waals surface area contributed by atoms with Gasteiger partial charge in [0.2, 0.25) is 5.91 Å². The summed E-state index contributed by atoms with van der Waals surface area (Å²) in [4.78, 5) is 22.2. The van der Waals surface area contributed by atoms with E-state index in [2.05, 4.69) is 21.2 Å². The first-order chi connectivity index (χ1) is 8.38. The van der Waals surface area contributed by atoms with E-state index in [9.17, 15) is 9.59 Å². The number of aliphatic carboxylic acids is 1. The monoisotopic (exact) mass is 313 g/mol. The SMILES string of the molecule is Cc1ccc(NC(=O)CC(C)CC(=O)O)c(Br)c1. The van der Waals surface area contributed by atoms with Crippen LogP contribution in [-0.4, -0.2) is 17.0 Å². The van der Waals surface area contributed by atoms with E-state index in [0.29, 0.717) is 5.69 Å². The molecule has 1 aromatic rings. The zero-order valence-electron chi connectivity index (χ0n) is 10.4. The largest absolute Gasteiger partial charge is 0.481 e. The quantitative estimate of drug-likeness (QED) is 0.877. The summed E-state index contributed by atoms with van der Waals surface area (Å²) in [6.07, 6.45) is 0.203. The zero-order chi connectivity index (χ0) is 13.7. The fourth-order valence-electron chi connectivity index (χ4n) is 1.61. The van der Waals surface area contributed by atoms with Crippen LogP contribution < -0.4 is 5.32 Å². The molecular formula is C13H16BrNO3. The van der Waals surface area contributed by atoms with Gasteiger partial charge in [-0.05, 0) is 46.5 Å². The Labute approximate surface area is 115 Å². The van der Waals surface area contributed by atoms with Crippen LogP contribution in [0.3, 0.4) is 0 Å². The predicted octanol–water partition coefficient (Wildman–Crippen LogP) is 3.20. The standard InChI is InChI=1S/C13H16BrNO3/c1-8-3-4-11(10(14)5-8)15-12(16)6-9(2)7-13(17)18/h3-5,9H,6-7H2,1-2H3,(H,15,16)(H,17,18). The molecule has 0 radical (unpaired) electrons. The molecule has 0 aliphatic heterocycles. The first-order valence-corrected chi connectivity index (χ1v) is 6.45. The van der Waals surface area contributed by atoms with Gasteiger partial charge in [0, 0.05) is 17.3 Å². The van der Waals surface area contributed by atoms with Crippen molar-refractivity contribution >= 4 is 33.5 Å². The van der Waals surface area contributed by atoms with Gasteiger partial charge in [0.05, 0.1) is 5.69 Å². The van der Waals surface area contributed by atoms with Crippen molar-refractivity contribution in [3.63, 3.8) is 0 Å². The average molecular weight is 314 g/mol. The molecule has 4 nitrogen and oxygen atoms in total. The van der Waals surface area contributed by atoms with Gasteiger partial charge in [0.1, 0.15) is 0 Å². The lowest BCUT2D eigenvalue weighted by molar-refractivity contribution is -0.138. The van der Waals surface area contributed by atoms with Crippen LogP contribution in [0.15, 0.2) is 22.7 Å². The molecule has 2 N–H and O–H groups in total. The van der Waals surface area contributed by atoms with E-state index < -0.39 is 5.97 Å². The van der Waals surface area contributed by atoms with Gasteiger partial charge in [-0.25, -0.2) is 0 Å². The molecule has 0 fully saturated rings. The number of hydrogen-bond acceptors (Lipinski definition) is 2. The summed E-state index contributed by atoms with van der Waals surface area (Å²) in [7, 11) is 0. The molecule has 0 aliphatic rings. The number of anilines is 1. The van der Waals surface area contributed by atoms with Gasteiger partial charge in [-0.1, -0.05) is 13.0 Å². The molecule has 1 unspecified atom stereocenters. The van der Waals surface area contributed by atoms with Gasteiger partial charge in [0.25, 0.3) is 0 Å². The Bertz CT molecular complexity index is 460. The molecule has 98 valence electrons. The highest BCUT2D eigenvalue weighted by Gasteiger charge is 2.13. The maximum absolute atomic E-state index is 11.7. The van der Waals surface area contributed by atoms with Crippen LogP contribution in [0.2, 0.25) is 0 Å². The molecule has 1 aromatic carbocycles. The minimum atomic E-state index is -0.883. The third-order valence-corrected chi connectivity index (χ3v) is 3.11. The Morgan fingerprint density at radius 1 is 1.39 bits per heavy atom. The van der Waals surface area contributed by atoms with E-state index in [4.69, 9.17) is 5.11 Å². The first kappa shape index (κ1) is 14.7. The van der Waals surface area contributed by atoms with Crippen molar-refractivity contribution in [3.8, 4) is 0 Å². The molecule has 18 heavy (non-hydrogen) atoms. The van der Waals surface area contributed by atoms with Crippen molar-refractivity contribution in [1.82, 2.24) is 0 Å². The van der Waals surface area contributed by atoms with Gasteiger partial charge in [-0.15, -0.1) is 0 Å². The Morgan fingerprint density at radius 2 is 2.06 bits per heavy atom. The van der Waals surface area contributed by atoms with Gasteiger partial charge >= 0.3 is 5.97 Å². The van der Waals surface area contributed by atoms with Crippen LogP contribution in [0.25, 0.3) is 0 Å². The summed E-state index contributed by atoms with van der Waals surface area (Å²) in [5, 5.41) is 11.4. The van der Waals surface area contributed by atoms with Gasteiger partial charge < -0.3 is 10.4 Å². The number of carboxylic acid groups (broad SMARTS) is 1. The van der Waals surface area contributed by atoms with Gasteiger partial charge in [-0.3, -0.25) is 9.59 Å². The lowest BCUT2D eigenvalue weighted by Gasteiger charge is -2.11. The van der Waals surface area contributed by atoms with Crippen molar-refractivity contribution in [1.29, 1.82) is 0 Å². The van der Waals surface area contributed by atoms with E-state index in [0.717, 1.165) is 10.0 Å². The molecule has 0 aliphatic carbocycles. The molecule has 0 heterocycles. The topological polar surface area (TPSA) is 66.4 Å². The maximum Gasteiger partial charge on any atom is 0.303 e. The minimum Gasteiger partial charge on any atom is -0.481 e. The number of nitrogens with one attached hydrogen (secondary N) is 1. The average Bonchev–Trinajstić information content (AvgIpc) is 2.20. The van der Waals surface area contributed by atoms with E-state index in [1.807, 2.05) is 25.1 Å². The van der Waals surface area contributed by atoms with Crippen LogP contribution in [0, 0.1) is 12.8 Å². The van der Waals surface area contributed by atoms with Crippen molar-refractivity contribution in [2.45, 2.75) is 26.7 Å². The summed E-state index contributed by atoms with van der Waals surface area (Å²) in [5.41, 5.74) is 1.80. The van der Waals surface area contributed by atoms with Crippen molar-refractivity contribution in [3.05, 3.63) is 28.2 Å². The molecule has 1 amide bonds. The normalized spacial score (nSPS) is 11.9. The summed E-state index contributed by atoms with van der Waals surface area (Å²) in [5.74, 6) is -1.23. The third kappa shape index (κ3) is 4.87. The van der Waals surface area contributed by atoms with Crippen molar-refractivity contribution < 1.29 is 14.7 Å². The van der Waals surface area contributed by atoms with Crippen LogP contribution in [0.5, 0.6) is 0 Å². The van der Waals surface area contributed by atoms with E-state index in [1.165, 1.54) is 0 Å². The molecule has 1 atom stereocenters. The van der Waals surface area contributed by atoms with E-state index in [-0.39, 0.29) is 24.7 Å². The Hall–Kier alpha value is -1.36. The molecule has 0 aromatic heterocycles. The van der Waals surface area contributed by atoms with E-state index >= 15 is 0 Å². The number of aryl methyl sites for hydroxylation is 1. The molecule has 0 saturated heterocycles. The van der Waals surface area contributed by atoms with Crippen molar-refractivity contribution in [2.24, 2.45) is 5.92 Å². The Morgan fingerprint density at radius 3 is 2.61 bits per heavy atom. The highest BCUT2D eigenvalue weighted by Crippen LogP contribution is 2.23. The molecule has 1 rings (SSSR count). The van der Waals surface area contributed by atoms with Crippen LogP contribution in [0.1, 0.15) is 25.3 Å². The summed E-state index contributed by atoms with van der Waals surface area (Å²) in [6.45, 7) is 3.71. The van der Waals surface area contributed by atoms with Crippen molar-refractivity contribution in [2.75, 3.05) is 5.32 Å². The number of rotatable bonds is 5. The number of carbonyl (C=O) groups excluding carboxylic acids is 1. The summed E-state index contributed by atoms with van der Waals surface area (Å²) in [6, 6.07) is 5.64. The minimum absolute atomic E-state index is 0.00247. The lowest BCUT2D eigenvalue weighted by atomic mass is 10.0. The highest BCUT2D eigenvalue weighted by atomic mass is 79.9. The number of carboxylic acids is 1.